The van der Waals surface area contributed by atoms with Crippen molar-refractivity contribution in [3.63, 3.8) is 0 Å². The van der Waals surface area contributed by atoms with E-state index in [0.717, 1.165) is 25.7 Å². The Morgan fingerprint density at radius 3 is 2.45 bits per heavy atom. The first-order valence-electron chi connectivity index (χ1n) is 6.34. The standard InChI is InChI=1S/C12H15Cl2N3O3/c13-10-9(11(14)16-6-15-10)20-5-7-1-3-8(4-2-7)17-12(18)19/h6-8,17H,1-5H2,(H,18,19)/t7-,8-. The van der Waals surface area contributed by atoms with Crippen LogP contribution >= 0.6 is 23.2 Å². The Balaban J connectivity index is 1.80. The summed E-state index contributed by atoms with van der Waals surface area (Å²) in [6.07, 6.45) is 3.73. The predicted molar refractivity (Wildman–Crippen MR) is 74.5 cm³/mol. The fourth-order valence-corrected chi connectivity index (χ4v) is 2.72. The summed E-state index contributed by atoms with van der Waals surface area (Å²) in [6, 6.07) is 0.0379. The normalized spacial score (nSPS) is 22.3. The van der Waals surface area contributed by atoms with E-state index < -0.39 is 6.09 Å². The monoisotopic (exact) mass is 319 g/mol. The summed E-state index contributed by atoms with van der Waals surface area (Å²) in [6.45, 7) is 0.479. The average Bonchev–Trinajstić information content (AvgIpc) is 2.39. The Labute approximate surface area is 126 Å². The highest BCUT2D eigenvalue weighted by Gasteiger charge is 2.23. The van der Waals surface area contributed by atoms with E-state index in [0.29, 0.717) is 18.3 Å². The van der Waals surface area contributed by atoms with Crippen molar-refractivity contribution in [2.45, 2.75) is 31.7 Å². The number of ether oxygens (including phenoxy) is 1. The molecular weight excluding hydrogens is 305 g/mol. The second kappa shape index (κ2) is 6.95. The second-order valence-corrected chi connectivity index (χ2v) is 5.48. The van der Waals surface area contributed by atoms with Gasteiger partial charge in [-0.3, -0.25) is 0 Å². The molecule has 0 saturated heterocycles. The van der Waals surface area contributed by atoms with Crippen molar-refractivity contribution in [1.29, 1.82) is 0 Å². The summed E-state index contributed by atoms with van der Waals surface area (Å²) in [5, 5.41) is 11.6. The Morgan fingerprint density at radius 2 is 1.90 bits per heavy atom. The molecule has 2 rings (SSSR count). The molecule has 0 aromatic carbocycles. The predicted octanol–water partition coefficient (Wildman–Crippen LogP) is 2.99. The minimum absolute atomic E-state index is 0.0379. The highest BCUT2D eigenvalue weighted by atomic mass is 35.5. The number of halogens is 2. The van der Waals surface area contributed by atoms with Crippen LogP contribution in [-0.4, -0.2) is 33.8 Å². The van der Waals surface area contributed by atoms with E-state index in [1.165, 1.54) is 6.33 Å². The Morgan fingerprint density at radius 1 is 1.30 bits per heavy atom. The van der Waals surface area contributed by atoms with Gasteiger partial charge in [0.05, 0.1) is 6.61 Å². The molecule has 1 heterocycles. The zero-order valence-corrected chi connectivity index (χ0v) is 12.2. The molecule has 0 aliphatic heterocycles. The van der Waals surface area contributed by atoms with E-state index in [4.69, 9.17) is 33.0 Å². The quantitative estimate of drug-likeness (QED) is 0.833. The number of amides is 1. The molecule has 110 valence electrons. The zero-order valence-electron chi connectivity index (χ0n) is 10.7. The number of hydrogen-bond acceptors (Lipinski definition) is 4. The van der Waals surface area contributed by atoms with E-state index in [1.807, 2.05) is 0 Å². The van der Waals surface area contributed by atoms with Crippen LogP contribution in [0.15, 0.2) is 6.33 Å². The molecule has 20 heavy (non-hydrogen) atoms. The molecule has 8 heteroatoms. The van der Waals surface area contributed by atoms with Gasteiger partial charge in [0, 0.05) is 6.04 Å². The van der Waals surface area contributed by atoms with Gasteiger partial charge < -0.3 is 15.2 Å². The lowest BCUT2D eigenvalue weighted by molar-refractivity contribution is 0.169. The van der Waals surface area contributed by atoms with Gasteiger partial charge in [-0.25, -0.2) is 14.8 Å². The third-order valence-electron chi connectivity index (χ3n) is 3.35. The van der Waals surface area contributed by atoms with Gasteiger partial charge in [-0.15, -0.1) is 0 Å². The Hall–Kier alpha value is -1.27. The molecule has 6 nitrogen and oxygen atoms in total. The highest BCUT2D eigenvalue weighted by molar-refractivity contribution is 6.35. The van der Waals surface area contributed by atoms with Crippen LogP contribution in [0.1, 0.15) is 25.7 Å². The van der Waals surface area contributed by atoms with Crippen LogP contribution in [0.5, 0.6) is 5.75 Å². The first-order valence-corrected chi connectivity index (χ1v) is 7.10. The van der Waals surface area contributed by atoms with Gasteiger partial charge in [-0.2, -0.15) is 0 Å². The molecule has 2 N–H and O–H groups in total. The van der Waals surface area contributed by atoms with Crippen molar-refractivity contribution in [2.24, 2.45) is 5.92 Å². The van der Waals surface area contributed by atoms with Gasteiger partial charge in [0.1, 0.15) is 6.33 Å². The molecule has 1 aromatic rings. The molecule has 0 unspecified atom stereocenters. The molecule has 1 aliphatic rings. The molecule has 0 atom stereocenters. The van der Waals surface area contributed by atoms with Crippen molar-refractivity contribution in [1.82, 2.24) is 15.3 Å². The van der Waals surface area contributed by atoms with Crippen LogP contribution in [0.3, 0.4) is 0 Å². The summed E-state index contributed by atoms with van der Waals surface area (Å²) in [5.74, 6) is 0.663. The van der Waals surface area contributed by atoms with E-state index in [-0.39, 0.29) is 16.3 Å². The van der Waals surface area contributed by atoms with E-state index in [1.54, 1.807) is 0 Å². The Bertz CT molecular complexity index is 459. The molecule has 1 saturated carbocycles. The minimum Gasteiger partial charge on any atom is -0.487 e. The fraction of sp³-hybridized carbons (Fsp3) is 0.583. The topological polar surface area (TPSA) is 84.3 Å². The van der Waals surface area contributed by atoms with E-state index in [2.05, 4.69) is 15.3 Å². The lowest BCUT2D eigenvalue weighted by Gasteiger charge is -2.28. The first-order chi connectivity index (χ1) is 9.56. The molecule has 1 aliphatic carbocycles. The van der Waals surface area contributed by atoms with E-state index >= 15 is 0 Å². The molecule has 1 aromatic heterocycles. The largest absolute Gasteiger partial charge is 0.487 e. The lowest BCUT2D eigenvalue weighted by Crippen LogP contribution is -2.37. The molecular formula is C12H15Cl2N3O3. The van der Waals surface area contributed by atoms with E-state index in [9.17, 15) is 4.79 Å². The number of carboxylic acid groups (broad SMARTS) is 1. The summed E-state index contributed by atoms with van der Waals surface area (Å²) in [7, 11) is 0. The van der Waals surface area contributed by atoms with Crippen LogP contribution in [0.2, 0.25) is 10.3 Å². The van der Waals surface area contributed by atoms with Gasteiger partial charge in [0.25, 0.3) is 0 Å². The third-order valence-corrected chi connectivity index (χ3v) is 3.89. The van der Waals surface area contributed by atoms with Gasteiger partial charge in [-0.05, 0) is 31.6 Å². The molecule has 0 radical (unpaired) electrons. The number of rotatable bonds is 4. The van der Waals surface area contributed by atoms with Crippen molar-refractivity contribution in [3.8, 4) is 5.75 Å². The number of nitrogens with one attached hydrogen (secondary N) is 1. The van der Waals surface area contributed by atoms with Gasteiger partial charge in [-0.1, -0.05) is 23.2 Å². The first kappa shape index (κ1) is 15.1. The SMILES string of the molecule is O=C(O)N[C@H]1CC[C@H](COc2c(Cl)ncnc2Cl)CC1. The molecule has 0 spiro atoms. The van der Waals surface area contributed by atoms with Gasteiger partial charge in [0.2, 0.25) is 0 Å². The maximum Gasteiger partial charge on any atom is 0.404 e. The van der Waals surface area contributed by atoms with Crippen LogP contribution in [0.4, 0.5) is 4.79 Å². The van der Waals surface area contributed by atoms with Gasteiger partial charge >= 0.3 is 6.09 Å². The lowest BCUT2D eigenvalue weighted by atomic mass is 9.86. The smallest absolute Gasteiger partial charge is 0.404 e. The number of carbonyl (C=O) groups is 1. The summed E-state index contributed by atoms with van der Waals surface area (Å²) in [5.41, 5.74) is 0. The summed E-state index contributed by atoms with van der Waals surface area (Å²) >= 11 is 11.8. The highest BCUT2D eigenvalue weighted by Crippen LogP contribution is 2.31. The zero-order chi connectivity index (χ0) is 14.5. The number of aromatic nitrogens is 2. The third kappa shape index (κ3) is 4.11. The molecule has 1 amide bonds. The minimum atomic E-state index is -0.968. The maximum absolute atomic E-state index is 10.6. The number of hydrogen-bond donors (Lipinski definition) is 2. The van der Waals surface area contributed by atoms with Crippen LogP contribution < -0.4 is 10.1 Å². The van der Waals surface area contributed by atoms with Crippen molar-refractivity contribution in [2.75, 3.05) is 6.61 Å². The number of nitrogens with zero attached hydrogens (tertiary/aromatic N) is 2. The summed E-state index contributed by atoms with van der Waals surface area (Å²) in [4.78, 5) is 18.2. The average molecular weight is 320 g/mol. The van der Waals surface area contributed by atoms with Crippen molar-refractivity contribution >= 4 is 29.3 Å². The molecule has 1 fully saturated rings. The van der Waals surface area contributed by atoms with Crippen molar-refractivity contribution < 1.29 is 14.6 Å². The van der Waals surface area contributed by atoms with Gasteiger partial charge in [0.15, 0.2) is 16.1 Å². The Kier molecular flexibility index (Phi) is 5.25. The van der Waals surface area contributed by atoms with Crippen LogP contribution in [-0.2, 0) is 0 Å². The van der Waals surface area contributed by atoms with Crippen LogP contribution in [0, 0.1) is 5.92 Å². The molecule has 0 bridgehead atoms. The van der Waals surface area contributed by atoms with Crippen LogP contribution in [0.25, 0.3) is 0 Å². The second-order valence-electron chi connectivity index (χ2n) is 4.76. The fourth-order valence-electron chi connectivity index (χ4n) is 2.30. The maximum atomic E-state index is 10.6. The van der Waals surface area contributed by atoms with Crippen molar-refractivity contribution in [3.05, 3.63) is 16.6 Å². The summed E-state index contributed by atoms with van der Waals surface area (Å²) < 4.78 is 5.60.